The first-order valence-corrected chi connectivity index (χ1v) is 14.0. The summed E-state index contributed by atoms with van der Waals surface area (Å²) in [5.74, 6) is -3.82. The minimum absolute atomic E-state index is 0.0113. The van der Waals surface area contributed by atoms with Gasteiger partial charge in [-0.15, -0.1) is 0 Å². The maximum atomic E-state index is 13.9. The number of amides is 2. The Morgan fingerprint density at radius 3 is 2.53 bits per heavy atom. The number of benzene rings is 1. The van der Waals surface area contributed by atoms with Gasteiger partial charge in [-0.05, 0) is 44.4 Å². The molecule has 43 heavy (non-hydrogen) atoms. The van der Waals surface area contributed by atoms with Gasteiger partial charge >= 0.3 is 0 Å². The number of carbonyl (C=O) groups excluding carboxylic acids is 3. The van der Waals surface area contributed by atoms with Gasteiger partial charge in [0.25, 0.3) is 5.91 Å². The number of hydrogen-bond donors (Lipinski definition) is 7. The number of halogens is 2. The molecule has 0 bridgehead atoms. The fourth-order valence-electron chi connectivity index (χ4n) is 4.85. The standard InChI is InChI=1S/C28H33F2N7O5S/c1-34-28(7-5-16(6-8-28)26(41)36-12-15(11-31)14-38)37(2)27(42)22-24(40)23(39)19(13-35-22)25(33)43-21(32)9-17-3-4-18(29)10-20(17)30/h3-4,10-11,13-14,16,32-34,40H,5-9,12,31H2,1-2H3,(H,35,39)(H,36,41). The molecular formula is C28H33F2N7O5S. The van der Waals surface area contributed by atoms with Gasteiger partial charge in [-0.2, -0.15) is 0 Å². The molecule has 1 saturated carbocycles. The number of nitrogens with two attached hydrogens (primary N) is 1. The Bertz CT molecular complexity index is 1520. The lowest BCUT2D eigenvalue weighted by Crippen LogP contribution is -2.60. The van der Waals surface area contributed by atoms with Crippen molar-refractivity contribution in [3.05, 3.63) is 74.8 Å². The summed E-state index contributed by atoms with van der Waals surface area (Å²) < 4.78 is 27.1. The van der Waals surface area contributed by atoms with Crippen molar-refractivity contribution in [3.8, 4) is 5.75 Å². The topological polar surface area (TPSA) is 205 Å². The predicted octanol–water partition coefficient (Wildman–Crippen LogP) is 1.97. The number of nitrogens with zero attached hydrogens (tertiary/aromatic N) is 1. The fourth-order valence-corrected chi connectivity index (χ4v) is 5.59. The first kappa shape index (κ1) is 33.1. The molecule has 0 atom stereocenters. The van der Waals surface area contributed by atoms with Crippen LogP contribution in [0.4, 0.5) is 8.78 Å². The van der Waals surface area contributed by atoms with E-state index in [1.54, 1.807) is 7.05 Å². The summed E-state index contributed by atoms with van der Waals surface area (Å²) in [4.78, 5) is 53.8. The average molecular weight is 618 g/mol. The Hall–Kier alpha value is -4.37. The smallest absolute Gasteiger partial charge is 0.275 e. The van der Waals surface area contributed by atoms with Crippen molar-refractivity contribution in [2.75, 3.05) is 20.6 Å². The van der Waals surface area contributed by atoms with E-state index < -0.39 is 45.1 Å². The molecule has 3 rings (SSSR count). The minimum Gasteiger partial charge on any atom is -0.503 e. The molecule has 0 spiro atoms. The van der Waals surface area contributed by atoms with Crippen molar-refractivity contribution in [1.29, 1.82) is 10.8 Å². The second kappa shape index (κ2) is 14.2. The molecule has 12 nitrogen and oxygen atoms in total. The third kappa shape index (κ3) is 7.53. The number of pyridine rings is 1. The van der Waals surface area contributed by atoms with Crippen molar-refractivity contribution in [3.63, 3.8) is 0 Å². The van der Waals surface area contributed by atoms with Crippen LogP contribution in [0.3, 0.4) is 0 Å². The van der Waals surface area contributed by atoms with Crippen LogP contribution >= 0.6 is 11.8 Å². The number of aromatic nitrogens is 1. The van der Waals surface area contributed by atoms with Crippen LogP contribution in [-0.2, 0) is 16.0 Å². The largest absolute Gasteiger partial charge is 0.503 e. The fraction of sp³-hybridized carbons (Fsp3) is 0.357. The van der Waals surface area contributed by atoms with Gasteiger partial charge < -0.3 is 26.0 Å². The van der Waals surface area contributed by atoms with E-state index in [-0.39, 0.29) is 46.5 Å². The van der Waals surface area contributed by atoms with Gasteiger partial charge in [0.05, 0.1) is 16.3 Å². The third-order valence-corrected chi connectivity index (χ3v) is 8.35. The molecule has 230 valence electrons. The molecule has 8 N–H and O–H groups in total. The number of H-pyrrole nitrogens is 1. The van der Waals surface area contributed by atoms with Gasteiger partial charge in [0.15, 0.2) is 11.4 Å². The highest BCUT2D eigenvalue weighted by Crippen LogP contribution is 2.35. The Labute approximate surface area is 250 Å². The quantitative estimate of drug-likeness (QED) is 0.0688. The molecule has 1 heterocycles. The van der Waals surface area contributed by atoms with Gasteiger partial charge in [-0.3, -0.25) is 35.3 Å². The van der Waals surface area contributed by atoms with Crippen molar-refractivity contribution < 1.29 is 28.3 Å². The molecule has 1 aliphatic rings. The maximum Gasteiger partial charge on any atom is 0.275 e. The van der Waals surface area contributed by atoms with E-state index in [1.165, 1.54) is 18.0 Å². The monoisotopic (exact) mass is 617 g/mol. The average Bonchev–Trinajstić information content (AvgIpc) is 2.99. The summed E-state index contributed by atoms with van der Waals surface area (Å²) in [6, 6.07) is 2.91. The number of carbonyl (C=O) groups is 3. The van der Waals surface area contributed by atoms with Crippen LogP contribution in [0.5, 0.6) is 5.75 Å². The van der Waals surface area contributed by atoms with Crippen LogP contribution in [0.1, 0.15) is 47.3 Å². The predicted molar refractivity (Wildman–Crippen MR) is 158 cm³/mol. The van der Waals surface area contributed by atoms with E-state index in [4.69, 9.17) is 16.6 Å². The van der Waals surface area contributed by atoms with E-state index >= 15 is 0 Å². The Kier molecular flexibility index (Phi) is 10.9. The Morgan fingerprint density at radius 2 is 1.95 bits per heavy atom. The molecule has 0 unspecified atom stereocenters. The molecule has 1 aromatic carbocycles. The molecule has 15 heteroatoms. The molecule has 0 saturated heterocycles. The van der Waals surface area contributed by atoms with Gasteiger partial charge in [-0.1, -0.05) is 17.8 Å². The highest BCUT2D eigenvalue weighted by molar-refractivity contribution is 8.26. The zero-order chi connectivity index (χ0) is 31.9. The molecule has 1 fully saturated rings. The van der Waals surface area contributed by atoms with Gasteiger partial charge in [0.2, 0.25) is 11.3 Å². The Balaban J connectivity index is 1.68. The third-order valence-electron chi connectivity index (χ3n) is 7.54. The number of thioether (sulfide) groups is 1. The molecule has 2 aromatic rings. The number of hydrogen-bond acceptors (Lipinski definition) is 10. The second-order valence-electron chi connectivity index (χ2n) is 10.0. The van der Waals surface area contributed by atoms with E-state index in [9.17, 15) is 33.1 Å². The van der Waals surface area contributed by atoms with Gasteiger partial charge in [0.1, 0.15) is 23.0 Å². The number of rotatable bonds is 10. The van der Waals surface area contributed by atoms with Gasteiger partial charge in [-0.25, -0.2) is 8.78 Å². The molecule has 0 radical (unpaired) electrons. The van der Waals surface area contributed by atoms with Crippen LogP contribution in [0.25, 0.3) is 0 Å². The number of nitrogens with one attached hydrogen (secondary N) is 5. The highest BCUT2D eigenvalue weighted by atomic mass is 32.2. The molecule has 2 amide bonds. The summed E-state index contributed by atoms with van der Waals surface area (Å²) >= 11 is 0.550. The minimum atomic E-state index is -1.01. The maximum absolute atomic E-state index is 13.9. The van der Waals surface area contributed by atoms with Crippen LogP contribution in [0.2, 0.25) is 0 Å². The molecule has 1 aromatic heterocycles. The van der Waals surface area contributed by atoms with E-state index in [2.05, 4.69) is 15.6 Å². The number of aromatic amines is 1. The Morgan fingerprint density at radius 1 is 1.28 bits per heavy atom. The van der Waals surface area contributed by atoms with Gasteiger partial charge in [0, 0.05) is 50.0 Å². The molecule has 0 aliphatic heterocycles. The SMILES string of the molecule is CNC1(N(C)C(=O)c2[nH]cc(C(=N)SC(=N)Cc3ccc(F)cc3F)c(=O)c2O)CCC(C(=O)NCC(C=O)=CN)CC1. The van der Waals surface area contributed by atoms with Crippen molar-refractivity contribution in [2.45, 2.75) is 37.8 Å². The van der Waals surface area contributed by atoms with Crippen molar-refractivity contribution in [2.24, 2.45) is 11.7 Å². The molecular weight excluding hydrogens is 584 g/mol. The van der Waals surface area contributed by atoms with E-state index in [0.29, 0.717) is 49.8 Å². The second-order valence-corrected chi connectivity index (χ2v) is 11.1. The van der Waals surface area contributed by atoms with Crippen LogP contribution in [0.15, 0.2) is 41.0 Å². The van der Waals surface area contributed by atoms with E-state index in [0.717, 1.165) is 18.5 Å². The highest BCUT2D eigenvalue weighted by Gasteiger charge is 2.42. The lowest BCUT2D eigenvalue weighted by molar-refractivity contribution is -0.126. The van der Waals surface area contributed by atoms with Crippen LogP contribution in [0, 0.1) is 28.4 Å². The zero-order valence-corrected chi connectivity index (χ0v) is 24.4. The summed E-state index contributed by atoms with van der Waals surface area (Å²) in [6.45, 7) is 0.0113. The lowest BCUT2D eigenvalue weighted by Gasteiger charge is -2.46. The van der Waals surface area contributed by atoms with Crippen molar-refractivity contribution in [1.82, 2.24) is 20.5 Å². The van der Waals surface area contributed by atoms with Crippen molar-refractivity contribution >= 4 is 39.9 Å². The summed E-state index contributed by atoms with van der Waals surface area (Å²) in [5.41, 5.74) is 3.01. The molecule has 1 aliphatic carbocycles. The first-order chi connectivity index (χ1) is 20.4. The van der Waals surface area contributed by atoms with Crippen LogP contribution < -0.4 is 21.8 Å². The summed E-state index contributed by atoms with van der Waals surface area (Å²) in [6.07, 6.45) is 4.10. The van der Waals surface area contributed by atoms with Crippen LogP contribution in [-0.4, -0.2) is 69.5 Å². The summed E-state index contributed by atoms with van der Waals surface area (Å²) in [7, 11) is 3.16. The van der Waals surface area contributed by atoms with E-state index in [1.807, 2.05) is 0 Å². The number of aromatic hydroxyl groups is 1. The normalized spacial score (nSPS) is 18.5. The first-order valence-electron chi connectivity index (χ1n) is 13.2. The lowest BCUT2D eigenvalue weighted by atomic mass is 9.80. The summed E-state index contributed by atoms with van der Waals surface area (Å²) in [5, 5.41) is 32.1. The number of aldehydes is 1. The zero-order valence-electron chi connectivity index (χ0n) is 23.6.